The van der Waals surface area contributed by atoms with Gasteiger partial charge in [0.1, 0.15) is 24.2 Å². The number of ether oxygens (including phenoxy) is 2. The van der Waals surface area contributed by atoms with Gasteiger partial charge in [-0.2, -0.15) is 0 Å². The maximum atomic E-state index is 13.5. The Labute approximate surface area is 201 Å². The summed E-state index contributed by atoms with van der Waals surface area (Å²) in [5.74, 6) is -1.93. The number of carbonyl (C=O) groups is 4. The Kier molecular flexibility index (Phi) is 11.0. The summed E-state index contributed by atoms with van der Waals surface area (Å²) in [6.07, 6.45) is -0.0822. The van der Waals surface area contributed by atoms with Crippen LogP contribution in [0.15, 0.2) is 24.3 Å². The number of rotatable bonds is 10. The van der Waals surface area contributed by atoms with E-state index in [1.165, 1.54) is 12.0 Å². The van der Waals surface area contributed by atoms with Crippen LogP contribution in [0.2, 0.25) is 0 Å². The third kappa shape index (κ3) is 8.66. The number of aryl methyl sites for hydroxylation is 1. The Bertz CT molecular complexity index is 847. The zero-order chi connectivity index (χ0) is 26.1. The lowest BCUT2D eigenvalue weighted by atomic mass is 9.99. The molecule has 0 saturated carbocycles. The van der Waals surface area contributed by atoms with Crippen molar-refractivity contribution in [2.24, 2.45) is 0 Å². The first kappa shape index (κ1) is 28.9. The van der Waals surface area contributed by atoms with Gasteiger partial charge in [-0.05, 0) is 52.2 Å². The van der Waals surface area contributed by atoms with E-state index < -0.39 is 54.2 Å². The van der Waals surface area contributed by atoms with Gasteiger partial charge >= 0.3 is 12.1 Å². The summed E-state index contributed by atoms with van der Waals surface area (Å²) < 4.78 is 9.78. The van der Waals surface area contributed by atoms with Gasteiger partial charge in [-0.15, -0.1) is 0 Å². The lowest BCUT2D eigenvalue weighted by Gasteiger charge is -2.36. The Hall–Kier alpha value is -3.14. The van der Waals surface area contributed by atoms with Gasteiger partial charge in [-0.3, -0.25) is 14.4 Å². The quantitative estimate of drug-likeness (QED) is 0.435. The number of esters is 1. The van der Waals surface area contributed by atoms with Crippen LogP contribution >= 0.6 is 0 Å². The van der Waals surface area contributed by atoms with Crippen LogP contribution in [-0.4, -0.2) is 71.8 Å². The van der Waals surface area contributed by atoms with Gasteiger partial charge in [0, 0.05) is 6.04 Å². The Morgan fingerprint density at radius 3 is 2.12 bits per heavy atom. The molecule has 1 aromatic carbocycles. The molecule has 2 atom stereocenters. The van der Waals surface area contributed by atoms with Crippen molar-refractivity contribution >= 4 is 23.9 Å². The number of nitrogens with zero attached hydrogens (tertiary/aromatic N) is 1. The molecule has 0 aromatic heterocycles. The Morgan fingerprint density at radius 2 is 1.68 bits per heavy atom. The number of amides is 3. The maximum Gasteiger partial charge on any atom is 0.408 e. The molecule has 0 aliphatic rings. The molecule has 1 aromatic rings. The molecule has 0 saturated heterocycles. The van der Waals surface area contributed by atoms with Gasteiger partial charge in [0.15, 0.2) is 0 Å². The van der Waals surface area contributed by atoms with Gasteiger partial charge in [-0.25, -0.2) is 4.79 Å². The molecule has 3 amide bonds. The zero-order valence-corrected chi connectivity index (χ0v) is 21.0. The van der Waals surface area contributed by atoms with Crippen LogP contribution in [0, 0.1) is 0 Å². The second-order valence-electron chi connectivity index (χ2n) is 9.01. The highest BCUT2D eigenvalue weighted by atomic mass is 16.6. The van der Waals surface area contributed by atoms with Crippen molar-refractivity contribution in [1.82, 2.24) is 15.5 Å². The first-order valence-corrected chi connectivity index (χ1v) is 11.2. The zero-order valence-electron chi connectivity index (χ0n) is 21.0. The molecule has 0 aliphatic carbocycles. The van der Waals surface area contributed by atoms with E-state index >= 15 is 0 Å². The van der Waals surface area contributed by atoms with Crippen LogP contribution in [0.1, 0.15) is 58.7 Å². The van der Waals surface area contributed by atoms with Gasteiger partial charge < -0.3 is 30.1 Å². The number of hydrogen-bond donors (Lipinski definition) is 3. The van der Waals surface area contributed by atoms with Crippen LogP contribution in [0.25, 0.3) is 0 Å². The minimum absolute atomic E-state index is 0.376. The fourth-order valence-corrected chi connectivity index (χ4v) is 3.20. The Balaban J connectivity index is 3.34. The smallest absolute Gasteiger partial charge is 0.408 e. The number of benzene rings is 1. The molecule has 190 valence electrons. The number of hydrogen-bond acceptors (Lipinski definition) is 7. The lowest BCUT2D eigenvalue weighted by molar-refractivity contribution is -0.146. The summed E-state index contributed by atoms with van der Waals surface area (Å²) in [4.78, 5) is 51.8. The van der Waals surface area contributed by atoms with E-state index in [0.717, 1.165) is 12.0 Å². The Morgan fingerprint density at radius 1 is 1.09 bits per heavy atom. The normalized spacial score (nSPS) is 13.0. The van der Waals surface area contributed by atoms with Crippen LogP contribution in [0.4, 0.5) is 4.79 Å². The number of nitrogens with one attached hydrogen (secondary N) is 2. The van der Waals surface area contributed by atoms with E-state index in [4.69, 9.17) is 4.74 Å². The van der Waals surface area contributed by atoms with Crippen LogP contribution in [0.3, 0.4) is 0 Å². The highest BCUT2D eigenvalue weighted by Crippen LogP contribution is 2.25. The number of aliphatic hydroxyl groups excluding tert-OH is 1. The molecule has 0 aliphatic heterocycles. The molecular weight excluding hydrogens is 442 g/mol. The average molecular weight is 480 g/mol. The van der Waals surface area contributed by atoms with E-state index in [-0.39, 0.29) is 6.54 Å². The monoisotopic (exact) mass is 479 g/mol. The third-order valence-electron chi connectivity index (χ3n) is 4.85. The molecule has 0 radical (unpaired) electrons. The SMILES string of the molecule is CCc1ccc(C(C(=O)NCC(=O)OC)N(C(=O)C(CO)NC(=O)OC(C)(C)C)C(C)C)cc1. The molecule has 0 heterocycles. The van der Waals surface area contributed by atoms with Crippen molar-refractivity contribution in [3.05, 3.63) is 35.4 Å². The molecule has 0 spiro atoms. The summed E-state index contributed by atoms with van der Waals surface area (Å²) in [6.45, 7) is 9.35. The van der Waals surface area contributed by atoms with Crippen LogP contribution < -0.4 is 10.6 Å². The molecule has 1 rings (SSSR count). The highest BCUT2D eigenvalue weighted by Gasteiger charge is 2.37. The predicted octanol–water partition coefficient (Wildman–Crippen LogP) is 1.70. The summed E-state index contributed by atoms with van der Waals surface area (Å²) in [5.41, 5.74) is 0.748. The molecule has 34 heavy (non-hydrogen) atoms. The van der Waals surface area contributed by atoms with Crippen LogP contribution in [-0.2, 0) is 30.3 Å². The van der Waals surface area contributed by atoms with Gasteiger partial charge in [0.05, 0.1) is 13.7 Å². The fourth-order valence-electron chi connectivity index (χ4n) is 3.20. The van der Waals surface area contributed by atoms with E-state index in [0.29, 0.717) is 5.56 Å². The summed E-state index contributed by atoms with van der Waals surface area (Å²) in [7, 11) is 1.20. The van der Waals surface area contributed by atoms with E-state index in [2.05, 4.69) is 15.4 Å². The summed E-state index contributed by atoms with van der Waals surface area (Å²) in [6, 6.07) is 4.20. The highest BCUT2D eigenvalue weighted by molar-refractivity contribution is 5.93. The van der Waals surface area contributed by atoms with Crippen molar-refractivity contribution in [2.45, 2.75) is 71.7 Å². The van der Waals surface area contributed by atoms with Crippen molar-refractivity contribution in [2.75, 3.05) is 20.3 Å². The standard InChI is InChI=1S/C24H37N3O7/c1-8-16-9-11-17(12-10-16)20(21(30)25-13-19(29)33-7)27(15(2)3)22(31)18(14-28)26-23(32)34-24(4,5)6/h9-12,15,18,20,28H,8,13-14H2,1-7H3,(H,25,30)(H,26,32). The van der Waals surface area contributed by atoms with Gasteiger partial charge in [0.2, 0.25) is 11.8 Å². The number of methoxy groups -OCH3 is 1. The first-order valence-electron chi connectivity index (χ1n) is 11.2. The van der Waals surface area contributed by atoms with Crippen LogP contribution in [0.5, 0.6) is 0 Å². The second-order valence-corrected chi connectivity index (χ2v) is 9.01. The van der Waals surface area contributed by atoms with Gasteiger partial charge in [-0.1, -0.05) is 31.2 Å². The number of aliphatic hydroxyl groups is 1. The number of alkyl carbamates (subject to hydrolysis) is 1. The third-order valence-corrected chi connectivity index (χ3v) is 4.85. The van der Waals surface area contributed by atoms with E-state index in [1.807, 2.05) is 19.1 Å². The molecule has 0 fully saturated rings. The largest absolute Gasteiger partial charge is 0.468 e. The van der Waals surface area contributed by atoms with Crippen molar-refractivity contribution in [1.29, 1.82) is 0 Å². The predicted molar refractivity (Wildman–Crippen MR) is 126 cm³/mol. The molecule has 3 N–H and O–H groups in total. The lowest BCUT2D eigenvalue weighted by Crippen LogP contribution is -2.56. The molecule has 10 nitrogen and oxygen atoms in total. The van der Waals surface area contributed by atoms with E-state index in [9.17, 15) is 24.3 Å². The van der Waals surface area contributed by atoms with Crippen molar-refractivity contribution in [3.8, 4) is 0 Å². The molecule has 2 unspecified atom stereocenters. The second kappa shape index (κ2) is 12.9. The molecule has 10 heteroatoms. The number of carbonyl (C=O) groups excluding carboxylic acids is 4. The molecule has 0 bridgehead atoms. The minimum Gasteiger partial charge on any atom is -0.468 e. The first-order chi connectivity index (χ1) is 15.8. The van der Waals surface area contributed by atoms with Crippen molar-refractivity contribution < 1.29 is 33.8 Å². The topological polar surface area (TPSA) is 134 Å². The fraction of sp³-hybridized carbons (Fsp3) is 0.583. The van der Waals surface area contributed by atoms with Crippen molar-refractivity contribution in [3.63, 3.8) is 0 Å². The average Bonchev–Trinajstić information content (AvgIpc) is 2.77. The maximum absolute atomic E-state index is 13.5. The van der Waals surface area contributed by atoms with Gasteiger partial charge in [0.25, 0.3) is 0 Å². The minimum atomic E-state index is -1.34. The summed E-state index contributed by atoms with van der Waals surface area (Å²) in [5, 5.41) is 14.7. The van der Waals surface area contributed by atoms with E-state index in [1.54, 1.807) is 46.8 Å². The molecular formula is C24H37N3O7. The summed E-state index contributed by atoms with van der Waals surface area (Å²) >= 11 is 0.